The Morgan fingerprint density at radius 3 is 1.83 bits per heavy atom. The lowest BCUT2D eigenvalue weighted by Crippen LogP contribution is -2.55. The van der Waals surface area contributed by atoms with Crippen LogP contribution in [0.3, 0.4) is 0 Å². The Labute approximate surface area is 213 Å². The van der Waals surface area contributed by atoms with Crippen molar-refractivity contribution in [2.24, 2.45) is 0 Å². The van der Waals surface area contributed by atoms with Crippen LogP contribution in [0.4, 0.5) is 0 Å². The molecule has 2 heterocycles. The van der Waals surface area contributed by atoms with Gasteiger partial charge in [-0.15, -0.1) is 0 Å². The molecule has 3 nitrogen and oxygen atoms in total. The maximum Gasteiger partial charge on any atom is 0.252 e. The molecule has 2 aromatic carbocycles. The summed E-state index contributed by atoms with van der Waals surface area (Å²) >= 11 is 0. The van der Waals surface area contributed by atoms with Gasteiger partial charge in [-0.2, -0.15) is 0 Å². The summed E-state index contributed by atoms with van der Waals surface area (Å²) in [5.74, 6) is 2.24. The molecule has 0 fully saturated rings. The third-order valence-corrected chi connectivity index (χ3v) is 8.10. The van der Waals surface area contributed by atoms with Crippen LogP contribution in [-0.2, 0) is 10.8 Å². The zero-order valence-corrected chi connectivity index (χ0v) is 23.4. The van der Waals surface area contributed by atoms with Crippen LogP contribution in [0.5, 0.6) is 17.2 Å². The summed E-state index contributed by atoms with van der Waals surface area (Å²) in [5, 5.41) is 0. The van der Waals surface area contributed by atoms with Gasteiger partial charge in [-0.1, -0.05) is 72.8 Å². The molecule has 35 heavy (non-hydrogen) atoms. The fraction of sp³-hybridized carbons (Fsp3) is 0.625. The molecule has 0 radical (unpaired) electrons. The lowest BCUT2D eigenvalue weighted by molar-refractivity contribution is -0.166. The second-order valence-corrected chi connectivity index (χ2v) is 12.4. The first-order valence-electron chi connectivity index (χ1n) is 13.7. The largest absolute Gasteiger partial charge is 0.493 e. The SMILES string of the molecule is CCCCCCCCOc1cc2c(cc1C)OC1(CC(C)(C)c3cc(C)c(C)cc3O1)CC2(C)C. The van der Waals surface area contributed by atoms with E-state index in [9.17, 15) is 0 Å². The third kappa shape index (κ3) is 5.34. The molecule has 2 aliphatic heterocycles. The van der Waals surface area contributed by atoms with E-state index >= 15 is 0 Å². The van der Waals surface area contributed by atoms with Gasteiger partial charge in [0, 0.05) is 34.8 Å². The van der Waals surface area contributed by atoms with Crippen LogP contribution in [0.1, 0.15) is 114 Å². The standard InChI is InChI=1S/C32H46O3/c1-9-10-11-12-13-14-15-33-27-19-26-29(18-24(27)4)35-32(21-31(26,7)8)20-30(5,6)25-16-22(2)23(3)17-28(25)34-32/h16-19H,9-15,20-21H2,1-8H3. The highest BCUT2D eigenvalue weighted by molar-refractivity contribution is 5.52. The minimum atomic E-state index is -0.665. The Hall–Kier alpha value is -2.16. The van der Waals surface area contributed by atoms with Gasteiger partial charge in [0.05, 0.1) is 6.61 Å². The van der Waals surface area contributed by atoms with Gasteiger partial charge in [0.15, 0.2) is 0 Å². The molecule has 0 aromatic heterocycles. The van der Waals surface area contributed by atoms with Crippen molar-refractivity contribution in [2.45, 2.75) is 123 Å². The maximum atomic E-state index is 6.80. The van der Waals surface area contributed by atoms with E-state index in [0.29, 0.717) is 0 Å². The van der Waals surface area contributed by atoms with Crippen molar-refractivity contribution in [1.29, 1.82) is 0 Å². The number of aryl methyl sites for hydroxylation is 3. The van der Waals surface area contributed by atoms with E-state index in [-0.39, 0.29) is 10.8 Å². The second-order valence-electron chi connectivity index (χ2n) is 12.4. The summed E-state index contributed by atoms with van der Waals surface area (Å²) in [6.07, 6.45) is 9.27. The molecule has 0 aliphatic carbocycles. The average Bonchev–Trinajstić information content (AvgIpc) is 2.74. The van der Waals surface area contributed by atoms with Crippen LogP contribution < -0.4 is 14.2 Å². The highest BCUT2D eigenvalue weighted by atomic mass is 16.7. The molecule has 4 rings (SSSR count). The molecular weight excluding hydrogens is 432 g/mol. The monoisotopic (exact) mass is 478 g/mol. The lowest BCUT2D eigenvalue weighted by Gasteiger charge is -2.51. The Bertz CT molecular complexity index is 1060. The molecule has 0 amide bonds. The number of fused-ring (bicyclic) bond motifs is 2. The Morgan fingerprint density at radius 2 is 1.20 bits per heavy atom. The van der Waals surface area contributed by atoms with Gasteiger partial charge in [0.2, 0.25) is 0 Å². The van der Waals surface area contributed by atoms with Crippen molar-refractivity contribution in [3.8, 4) is 17.2 Å². The van der Waals surface area contributed by atoms with Crippen LogP contribution in [-0.4, -0.2) is 12.4 Å². The number of hydrogen-bond acceptors (Lipinski definition) is 3. The zero-order chi connectivity index (χ0) is 25.4. The van der Waals surface area contributed by atoms with Crippen LogP contribution in [0.25, 0.3) is 0 Å². The summed E-state index contributed by atoms with van der Waals surface area (Å²) in [4.78, 5) is 0. The summed E-state index contributed by atoms with van der Waals surface area (Å²) in [7, 11) is 0. The van der Waals surface area contributed by atoms with Gasteiger partial charge >= 0.3 is 0 Å². The van der Waals surface area contributed by atoms with Gasteiger partial charge < -0.3 is 14.2 Å². The Balaban J connectivity index is 1.55. The quantitative estimate of drug-likeness (QED) is 0.355. The van der Waals surface area contributed by atoms with Gasteiger partial charge in [-0.3, -0.25) is 0 Å². The molecule has 1 atom stereocenters. The smallest absolute Gasteiger partial charge is 0.252 e. The van der Waals surface area contributed by atoms with E-state index in [2.05, 4.69) is 79.7 Å². The molecular formula is C32H46O3. The van der Waals surface area contributed by atoms with E-state index in [0.717, 1.165) is 48.7 Å². The minimum Gasteiger partial charge on any atom is -0.493 e. The van der Waals surface area contributed by atoms with Gasteiger partial charge in [-0.05, 0) is 62.1 Å². The number of ether oxygens (including phenoxy) is 3. The molecule has 0 bridgehead atoms. The molecule has 0 N–H and O–H groups in total. The van der Waals surface area contributed by atoms with Crippen LogP contribution >= 0.6 is 0 Å². The van der Waals surface area contributed by atoms with Gasteiger partial charge in [0.1, 0.15) is 17.2 Å². The molecule has 1 spiro atoms. The fourth-order valence-corrected chi connectivity index (χ4v) is 6.06. The third-order valence-electron chi connectivity index (χ3n) is 8.10. The molecule has 2 aliphatic rings. The first-order valence-corrected chi connectivity index (χ1v) is 13.7. The van der Waals surface area contributed by atoms with Crippen molar-refractivity contribution in [1.82, 2.24) is 0 Å². The Morgan fingerprint density at radius 1 is 0.686 bits per heavy atom. The predicted octanol–water partition coefficient (Wildman–Crippen LogP) is 8.87. The van der Waals surface area contributed by atoms with Crippen molar-refractivity contribution >= 4 is 0 Å². The minimum absolute atomic E-state index is 0.0329. The summed E-state index contributed by atoms with van der Waals surface area (Å²) < 4.78 is 19.8. The summed E-state index contributed by atoms with van der Waals surface area (Å²) in [6, 6.07) is 8.89. The first-order chi connectivity index (χ1) is 16.5. The highest BCUT2D eigenvalue weighted by Gasteiger charge is 2.53. The number of benzene rings is 2. The molecule has 0 saturated heterocycles. The first kappa shape index (κ1) is 25.9. The van der Waals surface area contributed by atoms with Crippen molar-refractivity contribution in [3.05, 3.63) is 52.1 Å². The maximum absolute atomic E-state index is 6.80. The zero-order valence-electron chi connectivity index (χ0n) is 23.4. The van der Waals surface area contributed by atoms with E-state index in [1.54, 1.807) is 0 Å². The molecule has 3 heteroatoms. The predicted molar refractivity (Wildman–Crippen MR) is 145 cm³/mol. The normalized spacial score (nSPS) is 21.6. The van der Waals surface area contributed by atoms with Crippen LogP contribution in [0.15, 0.2) is 24.3 Å². The lowest BCUT2D eigenvalue weighted by atomic mass is 9.69. The second kappa shape index (κ2) is 9.71. The van der Waals surface area contributed by atoms with Crippen molar-refractivity contribution in [3.63, 3.8) is 0 Å². The van der Waals surface area contributed by atoms with E-state index in [1.807, 2.05) is 0 Å². The number of hydrogen-bond donors (Lipinski definition) is 0. The van der Waals surface area contributed by atoms with Crippen molar-refractivity contribution < 1.29 is 14.2 Å². The summed E-state index contributed by atoms with van der Waals surface area (Å²) in [6.45, 7) is 18.8. The Kier molecular flexibility index (Phi) is 7.19. The van der Waals surface area contributed by atoms with Gasteiger partial charge in [0.25, 0.3) is 5.79 Å². The fourth-order valence-electron chi connectivity index (χ4n) is 6.06. The van der Waals surface area contributed by atoms with E-state index in [4.69, 9.17) is 14.2 Å². The van der Waals surface area contributed by atoms with E-state index in [1.165, 1.54) is 54.4 Å². The summed E-state index contributed by atoms with van der Waals surface area (Å²) in [5.41, 5.74) is 6.09. The average molecular weight is 479 g/mol. The molecule has 1 unspecified atom stereocenters. The topological polar surface area (TPSA) is 27.7 Å². The van der Waals surface area contributed by atoms with Crippen LogP contribution in [0, 0.1) is 20.8 Å². The van der Waals surface area contributed by atoms with Crippen LogP contribution in [0.2, 0.25) is 0 Å². The highest BCUT2D eigenvalue weighted by Crippen LogP contribution is 2.54. The molecule has 0 saturated carbocycles. The van der Waals surface area contributed by atoms with Crippen molar-refractivity contribution in [2.75, 3.05) is 6.61 Å². The number of unbranched alkanes of at least 4 members (excludes halogenated alkanes) is 5. The van der Waals surface area contributed by atoms with Gasteiger partial charge in [-0.25, -0.2) is 0 Å². The molecule has 192 valence electrons. The molecule has 2 aromatic rings. The van der Waals surface area contributed by atoms with E-state index < -0.39 is 5.79 Å². The number of rotatable bonds is 8.